The fourth-order valence-corrected chi connectivity index (χ4v) is 1.93. The Hall–Kier alpha value is -1.43. The van der Waals surface area contributed by atoms with Gasteiger partial charge >= 0.3 is 11.9 Å². The number of methoxy groups -OCH3 is 1. The van der Waals surface area contributed by atoms with Crippen LogP contribution in [0.4, 0.5) is 0 Å². The predicted octanol–water partition coefficient (Wildman–Crippen LogP) is 2.52. The minimum atomic E-state index is -1.01. The molecule has 0 aliphatic carbocycles. The zero-order valence-electron chi connectivity index (χ0n) is 12.0. The zero-order valence-corrected chi connectivity index (χ0v) is 13.6. The highest BCUT2D eigenvalue weighted by Crippen LogP contribution is 2.17. The minimum absolute atomic E-state index is 0.140. The normalized spacial score (nSPS) is 12.7. The molecular weight excluding hydrogens is 326 g/mol. The Kier molecular flexibility index (Phi) is 5.68. The van der Waals surface area contributed by atoms with Gasteiger partial charge in [-0.15, -0.1) is 0 Å². The van der Waals surface area contributed by atoms with Crippen molar-refractivity contribution in [2.45, 2.75) is 32.8 Å². The van der Waals surface area contributed by atoms with Crippen molar-refractivity contribution in [1.82, 2.24) is 4.98 Å². The van der Waals surface area contributed by atoms with Gasteiger partial charge in [-0.25, -0.2) is 4.98 Å². The molecule has 0 aromatic carbocycles. The number of hydrogen-bond donors (Lipinski definition) is 0. The molecule has 20 heavy (non-hydrogen) atoms. The molecule has 6 heteroatoms. The molecule has 0 bridgehead atoms. The summed E-state index contributed by atoms with van der Waals surface area (Å²) in [6.45, 7) is 5.24. The molecule has 1 heterocycles. The number of pyridine rings is 1. The molecular formula is C14H18BrNO4. The summed E-state index contributed by atoms with van der Waals surface area (Å²) in [5.74, 6) is -2.24. The third-order valence-corrected chi connectivity index (χ3v) is 2.80. The van der Waals surface area contributed by atoms with E-state index in [1.807, 2.05) is 0 Å². The predicted molar refractivity (Wildman–Crippen MR) is 77.0 cm³/mol. The number of halogens is 1. The molecule has 1 atom stereocenters. The molecule has 1 unspecified atom stereocenters. The van der Waals surface area contributed by atoms with Crippen LogP contribution in [0, 0.1) is 5.92 Å². The number of carbonyl (C=O) groups excluding carboxylic acids is 2. The van der Waals surface area contributed by atoms with Crippen LogP contribution < -0.4 is 0 Å². The molecule has 110 valence electrons. The van der Waals surface area contributed by atoms with E-state index in [4.69, 9.17) is 4.74 Å². The SMILES string of the molecule is COC(=O)C(Cc1cccc(Br)n1)C(=O)OC(C)(C)C. The number of rotatable bonds is 4. The summed E-state index contributed by atoms with van der Waals surface area (Å²) >= 11 is 3.25. The summed E-state index contributed by atoms with van der Waals surface area (Å²) in [6, 6.07) is 5.30. The Morgan fingerprint density at radius 2 is 1.95 bits per heavy atom. The molecule has 0 saturated carbocycles. The summed E-state index contributed by atoms with van der Waals surface area (Å²) in [7, 11) is 1.24. The van der Waals surface area contributed by atoms with E-state index in [1.165, 1.54) is 7.11 Å². The van der Waals surface area contributed by atoms with Crippen molar-refractivity contribution >= 4 is 27.9 Å². The average molecular weight is 344 g/mol. The highest BCUT2D eigenvalue weighted by atomic mass is 79.9. The molecule has 0 radical (unpaired) electrons. The molecule has 0 aliphatic heterocycles. The number of ether oxygens (including phenoxy) is 2. The van der Waals surface area contributed by atoms with Gasteiger partial charge in [0.1, 0.15) is 10.2 Å². The highest BCUT2D eigenvalue weighted by molar-refractivity contribution is 9.10. The van der Waals surface area contributed by atoms with E-state index in [0.29, 0.717) is 10.3 Å². The lowest BCUT2D eigenvalue weighted by atomic mass is 10.0. The van der Waals surface area contributed by atoms with Gasteiger partial charge < -0.3 is 9.47 Å². The standard InChI is InChI=1S/C14H18BrNO4/c1-14(2,3)20-13(18)10(12(17)19-4)8-9-6-5-7-11(15)16-9/h5-7,10H,8H2,1-4H3. The monoisotopic (exact) mass is 343 g/mol. The lowest BCUT2D eigenvalue weighted by Crippen LogP contribution is -2.34. The van der Waals surface area contributed by atoms with Crippen molar-refractivity contribution in [3.05, 3.63) is 28.5 Å². The van der Waals surface area contributed by atoms with Gasteiger partial charge in [-0.3, -0.25) is 9.59 Å². The second-order valence-electron chi connectivity index (χ2n) is 5.26. The van der Waals surface area contributed by atoms with Crippen LogP contribution >= 0.6 is 15.9 Å². The van der Waals surface area contributed by atoms with Crippen LogP contribution in [0.2, 0.25) is 0 Å². The largest absolute Gasteiger partial charge is 0.468 e. The van der Waals surface area contributed by atoms with Crippen molar-refractivity contribution in [1.29, 1.82) is 0 Å². The maximum absolute atomic E-state index is 12.1. The van der Waals surface area contributed by atoms with Crippen molar-refractivity contribution in [2.75, 3.05) is 7.11 Å². The topological polar surface area (TPSA) is 65.5 Å². The molecule has 5 nitrogen and oxygen atoms in total. The van der Waals surface area contributed by atoms with Crippen LogP contribution in [0.25, 0.3) is 0 Å². The Balaban J connectivity index is 2.90. The molecule has 0 fully saturated rings. The molecule has 1 rings (SSSR count). The van der Waals surface area contributed by atoms with E-state index in [2.05, 4.69) is 25.7 Å². The molecule has 0 amide bonds. The average Bonchev–Trinajstić information content (AvgIpc) is 2.33. The van der Waals surface area contributed by atoms with Crippen LogP contribution in [0.5, 0.6) is 0 Å². The lowest BCUT2D eigenvalue weighted by molar-refractivity contribution is -0.168. The van der Waals surface area contributed by atoms with Gasteiger partial charge in [-0.1, -0.05) is 6.07 Å². The van der Waals surface area contributed by atoms with Crippen molar-refractivity contribution in [3.63, 3.8) is 0 Å². The summed E-state index contributed by atoms with van der Waals surface area (Å²) in [5, 5.41) is 0. The molecule has 1 aromatic rings. The van der Waals surface area contributed by atoms with Gasteiger partial charge in [0.05, 0.1) is 7.11 Å². The maximum Gasteiger partial charge on any atom is 0.321 e. The number of aromatic nitrogens is 1. The van der Waals surface area contributed by atoms with E-state index < -0.39 is 23.5 Å². The first-order valence-corrected chi connectivity index (χ1v) is 6.94. The Morgan fingerprint density at radius 3 is 2.45 bits per heavy atom. The third kappa shape index (κ3) is 5.28. The molecule has 0 spiro atoms. The van der Waals surface area contributed by atoms with Gasteiger partial charge in [0.25, 0.3) is 0 Å². The van der Waals surface area contributed by atoms with Gasteiger partial charge in [-0.05, 0) is 48.8 Å². The van der Waals surface area contributed by atoms with Gasteiger partial charge in [0.2, 0.25) is 0 Å². The first kappa shape index (κ1) is 16.6. The van der Waals surface area contributed by atoms with E-state index >= 15 is 0 Å². The van der Waals surface area contributed by atoms with Gasteiger partial charge in [0, 0.05) is 12.1 Å². The van der Waals surface area contributed by atoms with Gasteiger partial charge in [-0.2, -0.15) is 0 Å². The van der Waals surface area contributed by atoms with E-state index in [1.54, 1.807) is 39.0 Å². The number of nitrogens with zero attached hydrogens (tertiary/aromatic N) is 1. The summed E-state index contributed by atoms with van der Waals surface area (Å²) in [5.41, 5.74) is -0.0470. The van der Waals surface area contributed by atoms with Crippen molar-refractivity contribution in [3.8, 4) is 0 Å². The molecule has 0 saturated heterocycles. The van der Waals surface area contributed by atoms with Crippen LogP contribution in [0.15, 0.2) is 22.8 Å². The minimum Gasteiger partial charge on any atom is -0.468 e. The summed E-state index contributed by atoms with van der Waals surface area (Å²) in [6.07, 6.45) is 0.140. The number of hydrogen-bond acceptors (Lipinski definition) is 5. The zero-order chi connectivity index (χ0) is 15.3. The molecule has 0 aliphatic rings. The third-order valence-electron chi connectivity index (χ3n) is 2.36. The summed E-state index contributed by atoms with van der Waals surface area (Å²) < 4.78 is 10.6. The van der Waals surface area contributed by atoms with E-state index in [9.17, 15) is 9.59 Å². The van der Waals surface area contributed by atoms with Gasteiger partial charge in [0.15, 0.2) is 5.92 Å². The van der Waals surface area contributed by atoms with Crippen molar-refractivity contribution in [2.24, 2.45) is 5.92 Å². The smallest absolute Gasteiger partial charge is 0.321 e. The fourth-order valence-electron chi connectivity index (χ4n) is 1.55. The lowest BCUT2D eigenvalue weighted by Gasteiger charge is -2.22. The van der Waals surface area contributed by atoms with E-state index in [-0.39, 0.29) is 6.42 Å². The Labute approximate surface area is 126 Å². The first-order valence-electron chi connectivity index (χ1n) is 6.15. The second kappa shape index (κ2) is 6.83. The first-order chi connectivity index (χ1) is 9.23. The Bertz CT molecular complexity index is 496. The highest BCUT2D eigenvalue weighted by Gasteiger charge is 2.32. The van der Waals surface area contributed by atoms with Crippen LogP contribution in [0.3, 0.4) is 0 Å². The Morgan fingerprint density at radius 1 is 1.30 bits per heavy atom. The number of carbonyl (C=O) groups is 2. The van der Waals surface area contributed by atoms with Crippen LogP contribution in [-0.2, 0) is 25.5 Å². The quantitative estimate of drug-likeness (QED) is 0.477. The maximum atomic E-state index is 12.1. The molecule has 0 N–H and O–H groups in total. The van der Waals surface area contributed by atoms with Crippen molar-refractivity contribution < 1.29 is 19.1 Å². The molecule has 1 aromatic heterocycles. The van der Waals surface area contributed by atoms with Crippen LogP contribution in [0.1, 0.15) is 26.5 Å². The van der Waals surface area contributed by atoms with Crippen LogP contribution in [-0.4, -0.2) is 29.6 Å². The fraction of sp³-hybridized carbons (Fsp3) is 0.500. The van der Waals surface area contributed by atoms with E-state index in [0.717, 1.165) is 0 Å². The summed E-state index contributed by atoms with van der Waals surface area (Å²) in [4.78, 5) is 28.1. The second-order valence-corrected chi connectivity index (χ2v) is 6.08. The number of esters is 2.